The first kappa shape index (κ1) is 24.2. The maximum Gasteiger partial charge on any atom is 0.435 e. The van der Waals surface area contributed by atoms with Crippen molar-refractivity contribution in [1.29, 1.82) is 0 Å². The SMILES string of the molecule is CCNC(=O)Nc1cc(CN2CCN(c3ccc(C(=O)NC)nc3C(F)(F)F)CC2)ncn1. The Hall–Kier alpha value is -3.48. The van der Waals surface area contributed by atoms with Crippen molar-refractivity contribution in [3.05, 3.63) is 41.6 Å². The Kier molecular flexibility index (Phi) is 7.63. The summed E-state index contributed by atoms with van der Waals surface area (Å²) in [6.07, 6.45) is -3.34. The van der Waals surface area contributed by atoms with E-state index in [1.807, 2.05) is 4.90 Å². The number of piperazine rings is 1. The Morgan fingerprint density at radius 2 is 1.85 bits per heavy atom. The first-order valence-corrected chi connectivity index (χ1v) is 10.3. The van der Waals surface area contributed by atoms with Crippen LogP contribution in [0.2, 0.25) is 0 Å². The van der Waals surface area contributed by atoms with E-state index in [1.165, 1.54) is 25.5 Å². The number of nitrogens with zero attached hydrogens (tertiary/aromatic N) is 5. The molecule has 0 aromatic carbocycles. The lowest BCUT2D eigenvalue weighted by molar-refractivity contribution is -0.140. The van der Waals surface area contributed by atoms with Gasteiger partial charge in [-0.2, -0.15) is 13.2 Å². The molecule has 3 rings (SSSR count). The molecule has 2 aromatic rings. The van der Waals surface area contributed by atoms with E-state index in [-0.39, 0.29) is 17.4 Å². The summed E-state index contributed by atoms with van der Waals surface area (Å²) in [6.45, 7) is 4.43. The molecule has 0 spiro atoms. The van der Waals surface area contributed by atoms with Gasteiger partial charge in [-0.05, 0) is 19.1 Å². The van der Waals surface area contributed by atoms with Gasteiger partial charge in [0, 0.05) is 52.4 Å². The van der Waals surface area contributed by atoms with Gasteiger partial charge in [-0.15, -0.1) is 0 Å². The van der Waals surface area contributed by atoms with Crippen LogP contribution in [0, 0.1) is 0 Å². The molecule has 1 aliphatic heterocycles. The predicted octanol–water partition coefficient (Wildman–Crippen LogP) is 1.71. The Bertz CT molecular complexity index is 994. The Morgan fingerprint density at radius 3 is 2.48 bits per heavy atom. The van der Waals surface area contributed by atoms with E-state index in [4.69, 9.17) is 0 Å². The third-order valence-electron chi connectivity index (χ3n) is 5.00. The van der Waals surface area contributed by atoms with E-state index < -0.39 is 17.8 Å². The second-order valence-electron chi connectivity index (χ2n) is 7.28. The lowest BCUT2D eigenvalue weighted by Crippen LogP contribution is -2.46. The van der Waals surface area contributed by atoms with Crippen LogP contribution in [0.3, 0.4) is 0 Å². The smallest absolute Gasteiger partial charge is 0.367 e. The fraction of sp³-hybridized carbons (Fsp3) is 0.450. The van der Waals surface area contributed by atoms with Gasteiger partial charge in [0.1, 0.15) is 17.8 Å². The normalized spacial score (nSPS) is 14.6. The summed E-state index contributed by atoms with van der Waals surface area (Å²) in [6, 6.07) is 3.87. The summed E-state index contributed by atoms with van der Waals surface area (Å²) in [5.74, 6) is -0.315. The van der Waals surface area contributed by atoms with E-state index in [1.54, 1.807) is 17.9 Å². The van der Waals surface area contributed by atoms with Crippen molar-refractivity contribution in [1.82, 2.24) is 30.5 Å². The van der Waals surface area contributed by atoms with Gasteiger partial charge in [0.2, 0.25) is 0 Å². The molecule has 3 N–H and O–H groups in total. The number of carbonyl (C=O) groups excluding carboxylic acids is 2. The average Bonchev–Trinajstić information content (AvgIpc) is 2.78. The molecule has 10 nitrogen and oxygen atoms in total. The first-order chi connectivity index (χ1) is 15.7. The molecule has 0 unspecified atom stereocenters. The molecule has 0 radical (unpaired) electrons. The quantitative estimate of drug-likeness (QED) is 0.594. The van der Waals surface area contributed by atoms with E-state index >= 15 is 0 Å². The number of amides is 3. The minimum atomic E-state index is -4.69. The van der Waals surface area contributed by atoms with Crippen molar-refractivity contribution in [2.45, 2.75) is 19.6 Å². The zero-order chi connectivity index (χ0) is 24.0. The number of anilines is 2. The highest BCUT2D eigenvalue weighted by Crippen LogP contribution is 2.35. The molecule has 33 heavy (non-hydrogen) atoms. The summed E-state index contributed by atoms with van der Waals surface area (Å²) < 4.78 is 40.8. The van der Waals surface area contributed by atoms with Crippen LogP contribution in [0.15, 0.2) is 24.5 Å². The van der Waals surface area contributed by atoms with Crippen molar-refractivity contribution in [2.75, 3.05) is 50.0 Å². The molecule has 0 aliphatic carbocycles. The minimum Gasteiger partial charge on any atom is -0.367 e. The Labute approximate surface area is 188 Å². The van der Waals surface area contributed by atoms with Crippen LogP contribution < -0.4 is 20.9 Å². The zero-order valence-electron chi connectivity index (χ0n) is 18.2. The minimum absolute atomic E-state index is 0.0507. The second kappa shape index (κ2) is 10.4. The summed E-state index contributed by atoms with van der Waals surface area (Å²) in [7, 11) is 1.33. The molecule has 13 heteroatoms. The molecule has 0 atom stereocenters. The first-order valence-electron chi connectivity index (χ1n) is 10.3. The summed E-state index contributed by atoms with van der Waals surface area (Å²) in [4.78, 5) is 38.8. The lowest BCUT2D eigenvalue weighted by atomic mass is 10.2. The summed E-state index contributed by atoms with van der Waals surface area (Å²) >= 11 is 0. The fourth-order valence-corrected chi connectivity index (χ4v) is 3.42. The van der Waals surface area contributed by atoms with Crippen LogP contribution in [0.1, 0.15) is 28.8 Å². The highest BCUT2D eigenvalue weighted by atomic mass is 19.4. The summed E-state index contributed by atoms with van der Waals surface area (Å²) in [5.41, 5.74) is -0.731. The molecule has 2 aromatic heterocycles. The van der Waals surface area contributed by atoms with Crippen molar-refractivity contribution in [3.63, 3.8) is 0 Å². The number of alkyl halides is 3. The average molecular weight is 466 g/mol. The maximum absolute atomic E-state index is 13.6. The molecular formula is C20H25F3N8O2. The maximum atomic E-state index is 13.6. The summed E-state index contributed by atoms with van der Waals surface area (Å²) in [5, 5.41) is 7.51. The Morgan fingerprint density at radius 1 is 1.12 bits per heavy atom. The number of hydrogen-bond donors (Lipinski definition) is 3. The van der Waals surface area contributed by atoms with Crippen molar-refractivity contribution in [2.24, 2.45) is 0 Å². The molecule has 0 bridgehead atoms. The van der Waals surface area contributed by atoms with E-state index in [0.29, 0.717) is 50.8 Å². The largest absolute Gasteiger partial charge is 0.435 e. The predicted molar refractivity (Wildman–Crippen MR) is 115 cm³/mol. The van der Waals surface area contributed by atoms with Gasteiger partial charge in [0.05, 0.1) is 11.4 Å². The van der Waals surface area contributed by atoms with Gasteiger partial charge in [-0.25, -0.2) is 19.7 Å². The molecule has 3 amide bonds. The molecule has 1 fully saturated rings. The molecule has 178 valence electrons. The zero-order valence-corrected chi connectivity index (χ0v) is 18.2. The van der Waals surface area contributed by atoms with E-state index in [2.05, 4.69) is 30.9 Å². The molecular weight excluding hydrogens is 441 g/mol. The number of rotatable bonds is 6. The number of urea groups is 1. The van der Waals surface area contributed by atoms with E-state index in [0.717, 1.165) is 0 Å². The van der Waals surface area contributed by atoms with Crippen LogP contribution in [0.25, 0.3) is 0 Å². The number of pyridine rings is 1. The number of nitrogens with one attached hydrogen (secondary N) is 3. The number of hydrogen-bond acceptors (Lipinski definition) is 7. The topological polar surface area (TPSA) is 115 Å². The van der Waals surface area contributed by atoms with Crippen LogP contribution in [0.4, 0.5) is 29.5 Å². The number of aromatic nitrogens is 3. The van der Waals surface area contributed by atoms with Crippen molar-refractivity contribution < 1.29 is 22.8 Å². The van der Waals surface area contributed by atoms with Crippen LogP contribution in [-0.4, -0.2) is 71.6 Å². The van der Waals surface area contributed by atoms with Crippen molar-refractivity contribution >= 4 is 23.4 Å². The second-order valence-corrected chi connectivity index (χ2v) is 7.28. The lowest BCUT2D eigenvalue weighted by Gasteiger charge is -2.36. The van der Waals surface area contributed by atoms with Gasteiger partial charge in [0.25, 0.3) is 5.91 Å². The van der Waals surface area contributed by atoms with Crippen LogP contribution in [-0.2, 0) is 12.7 Å². The monoisotopic (exact) mass is 466 g/mol. The molecule has 1 aliphatic rings. The van der Waals surface area contributed by atoms with Gasteiger partial charge in [-0.1, -0.05) is 0 Å². The third kappa shape index (κ3) is 6.28. The van der Waals surface area contributed by atoms with Gasteiger partial charge in [-0.3, -0.25) is 15.0 Å². The number of halogens is 3. The van der Waals surface area contributed by atoms with Crippen LogP contribution in [0.5, 0.6) is 0 Å². The van der Waals surface area contributed by atoms with E-state index in [9.17, 15) is 22.8 Å². The number of carbonyl (C=O) groups is 2. The standard InChI is InChI=1S/C20H25F3N8O2/c1-3-25-19(33)29-16-10-13(26-12-27-16)11-30-6-8-31(9-7-30)15-5-4-14(18(32)24-2)28-17(15)20(21,22)23/h4-5,10,12H,3,6-9,11H2,1-2H3,(H,24,32)(H2,25,26,27,29,33). The third-order valence-corrected chi connectivity index (χ3v) is 5.00. The van der Waals surface area contributed by atoms with Crippen molar-refractivity contribution in [3.8, 4) is 0 Å². The highest BCUT2D eigenvalue weighted by Gasteiger charge is 2.38. The van der Waals surface area contributed by atoms with Crippen LogP contribution >= 0.6 is 0 Å². The molecule has 0 saturated carbocycles. The van der Waals surface area contributed by atoms with Gasteiger partial charge >= 0.3 is 12.2 Å². The fourth-order valence-electron chi connectivity index (χ4n) is 3.42. The van der Waals surface area contributed by atoms with Gasteiger partial charge in [0.15, 0.2) is 5.69 Å². The molecule has 1 saturated heterocycles. The molecule has 3 heterocycles. The van der Waals surface area contributed by atoms with Gasteiger partial charge < -0.3 is 15.5 Å². The Balaban J connectivity index is 1.66. The highest BCUT2D eigenvalue weighted by molar-refractivity contribution is 5.92.